The van der Waals surface area contributed by atoms with E-state index in [0.29, 0.717) is 50.7 Å². The molecule has 0 bridgehead atoms. The van der Waals surface area contributed by atoms with E-state index in [0.717, 1.165) is 107 Å². The standard InChI is InChI=1S/C30H51N3O2.C26H35N3O3S/c1-2-3-4-5-6-7-8-9-11-14-21-29(34)33-25-27-20-16-15-19-26(27)24-28(33)30(35)32-23-18-13-10-12-17-22-31;27-15-7-2-1-3-8-16-28-26(31)24-19-33-20-29(24)25(30)17-21-11-13-23(14-12-21)32-18-22-9-5-4-6-10-22/h15-16,19-20,28H,2-14,17-18,21-25,31H2,1H3,(H,32,35);4-6,9-14,24H,1-3,7-8,15-20,27H2,(H,28,31). The van der Waals surface area contributed by atoms with E-state index < -0.39 is 6.04 Å². The maximum atomic E-state index is 13.2. The molecule has 2 aliphatic rings. The van der Waals surface area contributed by atoms with Crippen molar-refractivity contribution in [3.05, 3.63) is 101 Å². The molecule has 0 saturated carbocycles. The van der Waals surface area contributed by atoms with Gasteiger partial charge < -0.3 is 36.6 Å². The Kier molecular flexibility index (Phi) is 28.8. The van der Waals surface area contributed by atoms with Gasteiger partial charge in [0.05, 0.1) is 12.3 Å². The zero-order valence-corrected chi connectivity index (χ0v) is 42.4. The fraction of sp³-hybridized carbons (Fsp3) is 0.607. The Bertz CT molecular complexity index is 1850. The monoisotopic (exact) mass is 955 g/mol. The maximum Gasteiger partial charge on any atom is 0.243 e. The lowest BCUT2D eigenvalue weighted by atomic mass is 9.93. The van der Waals surface area contributed by atoms with Gasteiger partial charge in [-0.15, -0.1) is 11.8 Å². The van der Waals surface area contributed by atoms with Gasteiger partial charge in [0, 0.05) is 38.2 Å². The molecule has 68 heavy (non-hydrogen) atoms. The number of benzene rings is 3. The predicted octanol–water partition coefficient (Wildman–Crippen LogP) is 10.0. The second-order valence-electron chi connectivity index (χ2n) is 18.6. The van der Waals surface area contributed by atoms with Crippen LogP contribution in [-0.2, 0) is 45.2 Å². The van der Waals surface area contributed by atoms with Crippen molar-refractivity contribution in [1.29, 1.82) is 0 Å². The molecule has 2 atom stereocenters. The SMILES string of the molecule is CCCCCCCCCCCCC(=O)N1Cc2ccccc2CC1C(=O)NCCCCCCCN.NCCCCCCCNC(=O)C1CSCN1C(=O)Cc1ccc(OCc2ccccc2)cc1. The zero-order chi connectivity index (χ0) is 48.4. The molecule has 2 aliphatic heterocycles. The number of nitrogens with one attached hydrogen (secondary N) is 2. The Morgan fingerprint density at radius 1 is 0.574 bits per heavy atom. The van der Waals surface area contributed by atoms with E-state index >= 15 is 0 Å². The number of rotatable bonds is 32. The molecule has 5 rings (SSSR count). The van der Waals surface area contributed by atoms with Gasteiger partial charge >= 0.3 is 0 Å². The first-order valence-electron chi connectivity index (χ1n) is 26.3. The van der Waals surface area contributed by atoms with E-state index in [1.54, 1.807) is 16.7 Å². The van der Waals surface area contributed by atoms with E-state index in [9.17, 15) is 19.2 Å². The van der Waals surface area contributed by atoms with Gasteiger partial charge in [-0.3, -0.25) is 19.2 Å². The average Bonchev–Trinajstić information content (AvgIpc) is 3.87. The summed E-state index contributed by atoms with van der Waals surface area (Å²) in [7, 11) is 0. The maximum absolute atomic E-state index is 13.2. The van der Waals surface area contributed by atoms with Crippen LogP contribution in [0.1, 0.15) is 164 Å². The third-order valence-corrected chi connectivity index (χ3v) is 14.0. The lowest BCUT2D eigenvalue weighted by molar-refractivity contribution is -0.142. The van der Waals surface area contributed by atoms with Crippen molar-refractivity contribution in [2.24, 2.45) is 11.5 Å². The number of hydrogen-bond donors (Lipinski definition) is 4. The van der Waals surface area contributed by atoms with Crippen LogP contribution in [0.5, 0.6) is 5.75 Å². The molecule has 1 saturated heterocycles. The highest BCUT2D eigenvalue weighted by atomic mass is 32.2. The van der Waals surface area contributed by atoms with Gasteiger partial charge in [0.25, 0.3) is 0 Å². The highest BCUT2D eigenvalue weighted by Crippen LogP contribution is 2.26. The Morgan fingerprint density at radius 3 is 1.71 bits per heavy atom. The minimum Gasteiger partial charge on any atom is -0.489 e. The van der Waals surface area contributed by atoms with Crippen LogP contribution in [-0.4, -0.2) is 83.3 Å². The van der Waals surface area contributed by atoms with Gasteiger partial charge in [0.15, 0.2) is 0 Å². The summed E-state index contributed by atoms with van der Waals surface area (Å²) in [5.41, 5.74) is 15.5. The number of thioether (sulfide) groups is 1. The summed E-state index contributed by atoms with van der Waals surface area (Å²) in [5, 5.41) is 6.12. The number of ether oxygens (including phenoxy) is 1. The highest BCUT2D eigenvalue weighted by Gasteiger charge is 2.35. The minimum atomic E-state index is -0.391. The number of carbonyl (C=O) groups is 4. The van der Waals surface area contributed by atoms with Crippen LogP contribution in [0.2, 0.25) is 0 Å². The second-order valence-corrected chi connectivity index (χ2v) is 19.6. The van der Waals surface area contributed by atoms with E-state index in [2.05, 4.69) is 29.7 Å². The summed E-state index contributed by atoms with van der Waals surface area (Å²) >= 11 is 1.63. The van der Waals surface area contributed by atoms with Gasteiger partial charge in [0.1, 0.15) is 24.4 Å². The molecule has 0 aliphatic carbocycles. The number of fused-ring (bicyclic) bond motifs is 1. The summed E-state index contributed by atoms with van der Waals surface area (Å²) < 4.78 is 5.82. The van der Waals surface area contributed by atoms with Crippen molar-refractivity contribution in [2.45, 2.75) is 180 Å². The third-order valence-electron chi connectivity index (χ3n) is 13.0. The van der Waals surface area contributed by atoms with Crippen LogP contribution in [0.3, 0.4) is 0 Å². The Hall–Kier alpha value is -4.39. The average molecular weight is 955 g/mol. The van der Waals surface area contributed by atoms with Crippen LogP contribution in [0.25, 0.3) is 0 Å². The van der Waals surface area contributed by atoms with Crippen LogP contribution >= 0.6 is 11.8 Å². The molecule has 3 aromatic carbocycles. The van der Waals surface area contributed by atoms with Gasteiger partial charge in [-0.25, -0.2) is 0 Å². The van der Waals surface area contributed by atoms with E-state index in [1.165, 1.54) is 62.5 Å². The van der Waals surface area contributed by atoms with E-state index in [-0.39, 0.29) is 36.1 Å². The molecule has 11 nitrogen and oxygen atoms in total. The molecule has 2 heterocycles. The summed E-state index contributed by atoms with van der Waals surface area (Å²) in [6.45, 7) is 6.15. The number of amides is 4. The number of unbranched alkanes of at least 4 members (excludes halogenated alkanes) is 17. The number of carbonyl (C=O) groups excluding carboxylic acids is 4. The van der Waals surface area contributed by atoms with Gasteiger partial charge in [-0.05, 0) is 79.6 Å². The van der Waals surface area contributed by atoms with Crippen molar-refractivity contribution in [2.75, 3.05) is 37.8 Å². The Morgan fingerprint density at radius 2 is 1.10 bits per heavy atom. The molecular weight excluding hydrogens is 869 g/mol. The topological polar surface area (TPSA) is 160 Å². The highest BCUT2D eigenvalue weighted by molar-refractivity contribution is 7.99. The first-order chi connectivity index (χ1) is 33.3. The molecule has 3 aromatic rings. The van der Waals surface area contributed by atoms with E-state index in [1.807, 2.05) is 71.6 Å². The fourth-order valence-electron chi connectivity index (χ4n) is 8.81. The quantitative estimate of drug-likeness (QED) is 0.0450. The lowest BCUT2D eigenvalue weighted by Crippen LogP contribution is -2.52. The Balaban J connectivity index is 0.000000297. The normalized spacial score (nSPS) is 15.3. The largest absolute Gasteiger partial charge is 0.489 e. The molecule has 4 amide bonds. The summed E-state index contributed by atoms with van der Waals surface area (Å²) in [6, 6.07) is 25.1. The van der Waals surface area contributed by atoms with Crippen LogP contribution in [0, 0.1) is 0 Å². The minimum absolute atomic E-state index is 0.00196. The predicted molar refractivity (Wildman–Crippen MR) is 280 cm³/mol. The number of hydrogen-bond acceptors (Lipinski definition) is 8. The van der Waals surface area contributed by atoms with Crippen molar-refractivity contribution in [3.63, 3.8) is 0 Å². The first kappa shape index (κ1) is 56.2. The molecule has 12 heteroatoms. The summed E-state index contributed by atoms with van der Waals surface area (Å²) in [5.74, 6) is 2.06. The number of nitrogens with two attached hydrogens (primary N) is 2. The molecular formula is C56H86N6O5S. The van der Waals surface area contributed by atoms with Crippen LogP contribution < -0.4 is 26.8 Å². The van der Waals surface area contributed by atoms with Crippen molar-refractivity contribution in [3.8, 4) is 5.75 Å². The van der Waals surface area contributed by atoms with E-state index in [4.69, 9.17) is 16.2 Å². The zero-order valence-electron chi connectivity index (χ0n) is 41.6. The Labute approximate surface area is 414 Å². The van der Waals surface area contributed by atoms with Crippen LogP contribution in [0.15, 0.2) is 78.9 Å². The number of nitrogens with zero attached hydrogens (tertiary/aromatic N) is 2. The molecule has 0 radical (unpaired) electrons. The van der Waals surface area contributed by atoms with Crippen molar-refractivity contribution in [1.82, 2.24) is 20.4 Å². The lowest BCUT2D eigenvalue weighted by Gasteiger charge is -2.36. The summed E-state index contributed by atoms with van der Waals surface area (Å²) in [4.78, 5) is 55.3. The second kappa shape index (κ2) is 34.8. The first-order valence-corrected chi connectivity index (χ1v) is 27.4. The molecule has 0 spiro atoms. The van der Waals surface area contributed by atoms with Crippen LogP contribution in [0.4, 0.5) is 0 Å². The third kappa shape index (κ3) is 21.9. The van der Waals surface area contributed by atoms with Gasteiger partial charge in [-0.1, -0.05) is 170 Å². The smallest absolute Gasteiger partial charge is 0.243 e. The molecule has 376 valence electrons. The van der Waals surface area contributed by atoms with Crippen molar-refractivity contribution < 1.29 is 23.9 Å². The van der Waals surface area contributed by atoms with Gasteiger partial charge in [-0.2, -0.15) is 0 Å². The molecule has 2 unspecified atom stereocenters. The molecule has 1 fully saturated rings. The van der Waals surface area contributed by atoms with Gasteiger partial charge in [0.2, 0.25) is 23.6 Å². The van der Waals surface area contributed by atoms with Crippen molar-refractivity contribution >= 4 is 35.4 Å². The molecule has 6 N–H and O–H groups in total. The summed E-state index contributed by atoms with van der Waals surface area (Å²) in [6.07, 6.45) is 24.9. The fourth-order valence-corrected chi connectivity index (χ4v) is 9.99. The molecule has 0 aromatic heterocycles.